The van der Waals surface area contributed by atoms with Gasteiger partial charge in [-0.2, -0.15) is 5.26 Å². The molecule has 0 bridgehead atoms. The summed E-state index contributed by atoms with van der Waals surface area (Å²) in [6.45, 7) is 1.57. The van der Waals surface area contributed by atoms with Crippen LogP contribution in [0.2, 0.25) is 5.02 Å². The van der Waals surface area contributed by atoms with Crippen molar-refractivity contribution in [2.24, 2.45) is 0 Å². The molecule has 0 radical (unpaired) electrons. The van der Waals surface area contributed by atoms with Gasteiger partial charge in [0.25, 0.3) is 0 Å². The van der Waals surface area contributed by atoms with E-state index in [2.05, 4.69) is 28.2 Å². The van der Waals surface area contributed by atoms with E-state index in [1.54, 1.807) is 12.1 Å². The molecule has 2 aromatic rings. The number of benzene rings is 1. The fraction of sp³-hybridized carbons (Fsp3) is 0.214. The van der Waals surface area contributed by atoms with Gasteiger partial charge in [0.2, 0.25) is 0 Å². The Kier molecular flexibility index (Phi) is 4.03. The smallest absolute Gasteiger partial charge is 0.0992 e. The average molecular weight is 260 g/mol. The SMILES string of the molecule is CNCc1ccn(Cc2ccc(C#N)cc2Cl)c1. The highest BCUT2D eigenvalue weighted by molar-refractivity contribution is 6.31. The van der Waals surface area contributed by atoms with E-state index in [0.29, 0.717) is 17.1 Å². The summed E-state index contributed by atoms with van der Waals surface area (Å²) in [4.78, 5) is 0. The Labute approximate surface area is 112 Å². The molecule has 3 nitrogen and oxygen atoms in total. The Morgan fingerprint density at radius 1 is 1.39 bits per heavy atom. The van der Waals surface area contributed by atoms with Crippen molar-refractivity contribution in [2.45, 2.75) is 13.1 Å². The lowest BCUT2D eigenvalue weighted by atomic mass is 10.1. The molecule has 92 valence electrons. The summed E-state index contributed by atoms with van der Waals surface area (Å²) in [5, 5.41) is 12.5. The van der Waals surface area contributed by atoms with E-state index >= 15 is 0 Å². The Balaban J connectivity index is 2.15. The molecule has 0 aliphatic heterocycles. The van der Waals surface area contributed by atoms with Gasteiger partial charge in [0, 0.05) is 30.5 Å². The Morgan fingerprint density at radius 2 is 2.22 bits per heavy atom. The first-order valence-corrected chi connectivity index (χ1v) is 6.08. The molecule has 0 amide bonds. The molecule has 0 saturated carbocycles. The van der Waals surface area contributed by atoms with Gasteiger partial charge >= 0.3 is 0 Å². The zero-order chi connectivity index (χ0) is 13.0. The van der Waals surface area contributed by atoms with Gasteiger partial charge < -0.3 is 9.88 Å². The predicted molar refractivity (Wildman–Crippen MR) is 72.5 cm³/mol. The normalized spacial score (nSPS) is 10.3. The third-order valence-electron chi connectivity index (χ3n) is 2.73. The fourth-order valence-corrected chi connectivity index (χ4v) is 2.08. The van der Waals surface area contributed by atoms with Crippen molar-refractivity contribution in [3.63, 3.8) is 0 Å². The lowest BCUT2D eigenvalue weighted by Crippen LogP contribution is -2.04. The number of aromatic nitrogens is 1. The topological polar surface area (TPSA) is 40.8 Å². The number of rotatable bonds is 4. The highest BCUT2D eigenvalue weighted by Crippen LogP contribution is 2.19. The minimum absolute atomic E-state index is 0.590. The molecule has 0 aliphatic rings. The third-order valence-corrected chi connectivity index (χ3v) is 3.08. The van der Waals surface area contributed by atoms with Crippen LogP contribution in [0, 0.1) is 11.3 Å². The second kappa shape index (κ2) is 5.72. The number of nitrogens with zero attached hydrogens (tertiary/aromatic N) is 2. The van der Waals surface area contributed by atoms with Gasteiger partial charge in [0.05, 0.1) is 11.6 Å². The monoisotopic (exact) mass is 259 g/mol. The summed E-state index contributed by atoms with van der Waals surface area (Å²) < 4.78 is 2.08. The summed E-state index contributed by atoms with van der Waals surface area (Å²) >= 11 is 6.15. The molecule has 2 rings (SSSR count). The van der Waals surface area contributed by atoms with E-state index in [4.69, 9.17) is 16.9 Å². The van der Waals surface area contributed by atoms with Crippen LogP contribution in [0.5, 0.6) is 0 Å². The molecule has 0 saturated heterocycles. The van der Waals surface area contributed by atoms with E-state index in [1.807, 2.05) is 19.3 Å². The lowest BCUT2D eigenvalue weighted by Gasteiger charge is -2.06. The summed E-state index contributed by atoms with van der Waals surface area (Å²) in [6.07, 6.45) is 4.12. The molecule has 0 fully saturated rings. The van der Waals surface area contributed by atoms with Gasteiger partial charge in [-0.1, -0.05) is 17.7 Å². The van der Waals surface area contributed by atoms with Crippen molar-refractivity contribution in [3.05, 3.63) is 58.4 Å². The minimum atomic E-state index is 0.590. The number of hydrogen-bond acceptors (Lipinski definition) is 2. The molecule has 0 spiro atoms. The quantitative estimate of drug-likeness (QED) is 0.917. The number of hydrogen-bond donors (Lipinski definition) is 1. The number of nitriles is 1. The van der Waals surface area contributed by atoms with Crippen molar-refractivity contribution >= 4 is 11.6 Å². The molecule has 18 heavy (non-hydrogen) atoms. The highest BCUT2D eigenvalue weighted by Gasteiger charge is 2.03. The first-order chi connectivity index (χ1) is 8.72. The maximum Gasteiger partial charge on any atom is 0.0992 e. The molecular formula is C14H14ClN3. The first kappa shape index (κ1) is 12.7. The molecule has 1 N–H and O–H groups in total. The van der Waals surface area contributed by atoms with E-state index < -0.39 is 0 Å². The summed E-state index contributed by atoms with van der Waals surface area (Å²) in [7, 11) is 1.93. The van der Waals surface area contributed by atoms with Crippen LogP contribution in [-0.2, 0) is 13.1 Å². The zero-order valence-electron chi connectivity index (χ0n) is 10.2. The molecule has 1 heterocycles. The van der Waals surface area contributed by atoms with Gasteiger partial charge in [-0.05, 0) is 36.4 Å². The first-order valence-electron chi connectivity index (χ1n) is 5.70. The van der Waals surface area contributed by atoms with Crippen LogP contribution in [0.15, 0.2) is 36.7 Å². The average Bonchev–Trinajstić information content (AvgIpc) is 2.80. The predicted octanol–water partition coefficient (Wildman–Crippen LogP) is 2.78. The second-order valence-electron chi connectivity index (χ2n) is 4.14. The molecule has 1 aromatic heterocycles. The largest absolute Gasteiger partial charge is 0.350 e. The summed E-state index contributed by atoms with van der Waals surface area (Å²) in [5.41, 5.74) is 2.84. The van der Waals surface area contributed by atoms with Crippen LogP contribution in [0.1, 0.15) is 16.7 Å². The van der Waals surface area contributed by atoms with E-state index in [-0.39, 0.29) is 0 Å². The standard InChI is InChI=1S/C14H14ClN3/c1-17-8-12-4-5-18(9-12)10-13-3-2-11(7-16)6-14(13)15/h2-6,9,17H,8,10H2,1H3. The highest BCUT2D eigenvalue weighted by atomic mass is 35.5. The second-order valence-corrected chi connectivity index (χ2v) is 4.55. The maximum atomic E-state index is 8.78. The van der Waals surface area contributed by atoms with Gasteiger partial charge in [-0.3, -0.25) is 0 Å². The maximum absolute atomic E-state index is 8.78. The van der Waals surface area contributed by atoms with Gasteiger partial charge in [-0.15, -0.1) is 0 Å². The minimum Gasteiger partial charge on any atom is -0.350 e. The number of halogens is 1. The number of nitrogens with one attached hydrogen (secondary N) is 1. The molecule has 0 atom stereocenters. The molecule has 1 aromatic carbocycles. The van der Waals surface area contributed by atoms with Crippen molar-refractivity contribution in [1.29, 1.82) is 5.26 Å². The lowest BCUT2D eigenvalue weighted by molar-refractivity contribution is 0.783. The van der Waals surface area contributed by atoms with Crippen LogP contribution in [0.4, 0.5) is 0 Å². The van der Waals surface area contributed by atoms with Crippen molar-refractivity contribution in [3.8, 4) is 6.07 Å². The van der Waals surface area contributed by atoms with Gasteiger partial charge in [0.15, 0.2) is 0 Å². The van der Waals surface area contributed by atoms with Crippen molar-refractivity contribution in [2.75, 3.05) is 7.05 Å². The van der Waals surface area contributed by atoms with Crippen LogP contribution in [-0.4, -0.2) is 11.6 Å². The summed E-state index contributed by atoms with van der Waals surface area (Å²) in [5.74, 6) is 0. The van der Waals surface area contributed by atoms with Crippen molar-refractivity contribution < 1.29 is 0 Å². The third kappa shape index (κ3) is 2.92. The Bertz CT molecular complexity index is 581. The zero-order valence-corrected chi connectivity index (χ0v) is 10.9. The molecular weight excluding hydrogens is 246 g/mol. The van der Waals surface area contributed by atoms with E-state index in [9.17, 15) is 0 Å². The van der Waals surface area contributed by atoms with Crippen molar-refractivity contribution in [1.82, 2.24) is 9.88 Å². The van der Waals surface area contributed by atoms with Crippen LogP contribution in [0.25, 0.3) is 0 Å². The molecule has 4 heteroatoms. The summed E-state index contributed by atoms with van der Waals surface area (Å²) in [6, 6.07) is 9.55. The van der Waals surface area contributed by atoms with E-state index in [1.165, 1.54) is 5.56 Å². The van der Waals surface area contributed by atoms with Gasteiger partial charge in [-0.25, -0.2) is 0 Å². The van der Waals surface area contributed by atoms with Crippen LogP contribution in [0.3, 0.4) is 0 Å². The molecule has 0 unspecified atom stereocenters. The van der Waals surface area contributed by atoms with Crippen LogP contribution >= 0.6 is 11.6 Å². The fourth-order valence-electron chi connectivity index (χ4n) is 1.84. The Morgan fingerprint density at radius 3 is 2.89 bits per heavy atom. The van der Waals surface area contributed by atoms with Crippen LogP contribution < -0.4 is 5.32 Å². The van der Waals surface area contributed by atoms with Gasteiger partial charge in [0.1, 0.15) is 0 Å². The molecule has 0 aliphatic carbocycles. The van der Waals surface area contributed by atoms with E-state index in [0.717, 1.165) is 12.1 Å². The Hall–Kier alpha value is -1.76.